The number of carbonyl (C=O) groups excluding carboxylic acids is 2. The maximum absolute atomic E-state index is 13.0. The predicted molar refractivity (Wildman–Crippen MR) is 289 cm³/mol. The summed E-state index contributed by atoms with van der Waals surface area (Å²) in [6.07, 6.45) is 38.8. The number of hydrogen-bond donors (Lipinski definition) is 7. The zero-order valence-electron chi connectivity index (χ0n) is 45.0. The van der Waals surface area contributed by atoms with Crippen LogP contribution in [0.4, 0.5) is 0 Å². The third-order valence-corrected chi connectivity index (χ3v) is 12.9. The molecule has 2 aliphatic heterocycles. The second-order valence-electron chi connectivity index (χ2n) is 19.4. The van der Waals surface area contributed by atoms with E-state index in [0.717, 1.165) is 83.5 Å². The lowest BCUT2D eigenvalue weighted by Crippen LogP contribution is -2.61. The molecule has 0 bridgehead atoms. The van der Waals surface area contributed by atoms with Crippen LogP contribution in [0, 0.1) is 0 Å². The summed E-state index contributed by atoms with van der Waals surface area (Å²) in [6.45, 7) is 2.41. The normalized spacial score (nSPS) is 25.3. The lowest BCUT2D eigenvalue weighted by molar-refractivity contribution is -0.332. The van der Waals surface area contributed by atoms with Crippen molar-refractivity contribution in [2.75, 3.05) is 26.4 Å². The van der Waals surface area contributed by atoms with E-state index in [-0.39, 0.29) is 19.4 Å². The third kappa shape index (κ3) is 31.7. The largest absolute Gasteiger partial charge is 0.462 e. The van der Waals surface area contributed by atoms with Gasteiger partial charge in [0.25, 0.3) is 0 Å². The van der Waals surface area contributed by atoms with Crippen LogP contribution in [-0.2, 0) is 38.0 Å². The Labute approximate surface area is 444 Å². The second kappa shape index (κ2) is 44.8. The summed E-state index contributed by atoms with van der Waals surface area (Å²) < 4.78 is 33.6. The number of esters is 2. The third-order valence-electron chi connectivity index (χ3n) is 12.9. The van der Waals surface area contributed by atoms with Crippen LogP contribution in [0.15, 0.2) is 85.1 Å². The molecule has 0 amide bonds. The molecular formula is C59H98O15. The monoisotopic (exact) mass is 1050 g/mol. The van der Waals surface area contributed by atoms with Gasteiger partial charge >= 0.3 is 11.9 Å². The Bertz CT molecular complexity index is 1610. The van der Waals surface area contributed by atoms with E-state index in [0.29, 0.717) is 12.8 Å². The van der Waals surface area contributed by atoms with Gasteiger partial charge in [0.1, 0.15) is 55.4 Å². The van der Waals surface area contributed by atoms with Crippen LogP contribution in [0.25, 0.3) is 0 Å². The highest BCUT2D eigenvalue weighted by Crippen LogP contribution is 2.26. The summed E-state index contributed by atoms with van der Waals surface area (Å²) in [5, 5.41) is 72.2. The summed E-state index contributed by atoms with van der Waals surface area (Å²) >= 11 is 0. The van der Waals surface area contributed by atoms with Crippen LogP contribution >= 0.6 is 0 Å². The lowest BCUT2D eigenvalue weighted by atomic mass is 9.98. The number of rotatable bonds is 43. The van der Waals surface area contributed by atoms with Crippen LogP contribution in [0.1, 0.15) is 181 Å². The van der Waals surface area contributed by atoms with E-state index in [9.17, 15) is 45.3 Å². The van der Waals surface area contributed by atoms with Gasteiger partial charge in [-0.2, -0.15) is 0 Å². The molecule has 2 heterocycles. The fraction of sp³-hybridized carbons (Fsp3) is 0.729. The van der Waals surface area contributed by atoms with Gasteiger partial charge in [-0.1, -0.05) is 163 Å². The number of carbonyl (C=O) groups is 2. The lowest BCUT2D eigenvalue weighted by Gasteiger charge is -2.42. The summed E-state index contributed by atoms with van der Waals surface area (Å²) in [5.74, 6) is -0.972. The Kier molecular flexibility index (Phi) is 40.4. The maximum atomic E-state index is 13.0. The Morgan fingerprint density at radius 3 is 1.35 bits per heavy atom. The minimum atomic E-state index is -1.78. The van der Waals surface area contributed by atoms with E-state index in [2.05, 4.69) is 98.9 Å². The van der Waals surface area contributed by atoms with Crippen LogP contribution in [0.5, 0.6) is 0 Å². The van der Waals surface area contributed by atoms with E-state index in [1.165, 1.54) is 57.8 Å². The van der Waals surface area contributed by atoms with Crippen LogP contribution in [0.3, 0.4) is 0 Å². The minimum absolute atomic E-state index is 0.121. The molecule has 2 saturated heterocycles. The molecule has 0 saturated carbocycles. The van der Waals surface area contributed by atoms with E-state index in [1.54, 1.807) is 0 Å². The molecule has 2 aliphatic rings. The second-order valence-corrected chi connectivity index (χ2v) is 19.4. The van der Waals surface area contributed by atoms with Crippen molar-refractivity contribution in [2.45, 2.75) is 248 Å². The van der Waals surface area contributed by atoms with Crippen LogP contribution in [-0.4, -0.2) is 142 Å². The number of ether oxygens (including phenoxy) is 6. The quantitative estimate of drug-likeness (QED) is 0.0172. The summed E-state index contributed by atoms with van der Waals surface area (Å²) in [4.78, 5) is 25.9. The molecule has 11 unspecified atom stereocenters. The Morgan fingerprint density at radius 2 is 0.851 bits per heavy atom. The molecule has 11 atom stereocenters. The van der Waals surface area contributed by atoms with Gasteiger partial charge in [-0.15, -0.1) is 0 Å². The molecule has 0 aromatic carbocycles. The smallest absolute Gasteiger partial charge is 0.306 e. The zero-order chi connectivity index (χ0) is 53.9. The van der Waals surface area contributed by atoms with Gasteiger partial charge in [0.2, 0.25) is 0 Å². The van der Waals surface area contributed by atoms with E-state index in [1.807, 2.05) is 0 Å². The minimum Gasteiger partial charge on any atom is -0.462 e. The summed E-state index contributed by atoms with van der Waals surface area (Å²) in [6, 6.07) is 0. The highest BCUT2D eigenvalue weighted by atomic mass is 16.7. The molecule has 0 spiro atoms. The molecule has 0 aromatic heterocycles. The SMILES string of the molecule is CC/C=C\C/C=C\C/C=C\C/C=C\C/C=C\CCCCCC(=O)OC(COC(=O)CCCCCCCCCCC/C=C\C/C=C\CCCCC)COC1OC(COC2OC(CO)C(O)C(O)C2O)C(O)C(O)C1O. The fourth-order valence-electron chi connectivity index (χ4n) is 8.27. The Balaban J connectivity index is 1.79. The van der Waals surface area contributed by atoms with E-state index < -0.39 is 99.3 Å². The first-order chi connectivity index (χ1) is 36.0. The van der Waals surface area contributed by atoms with Gasteiger partial charge < -0.3 is 64.2 Å². The number of aliphatic hydroxyl groups excluding tert-OH is 7. The number of unbranched alkanes of at least 4 members (excludes halogenated alkanes) is 15. The first kappa shape index (κ1) is 66.8. The van der Waals surface area contributed by atoms with Crippen molar-refractivity contribution in [3.05, 3.63) is 85.1 Å². The van der Waals surface area contributed by atoms with Crippen molar-refractivity contribution in [3.63, 3.8) is 0 Å². The van der Waals surface area contributed by atoms with Crippen LogP contribution < -0.4 is 0 Å². The molecule has 424 valence electrons. The van der Waals surface area contributed by atoms with Gasteiger partial charge in [-0.25, -0.2) is 0 Å². The summed E-state index contributed by atoms with van der Waals surface area (Å²) in [5.41, 5.74) is 0. The molecule has 2 rings (SSSR count). The molecule has 74 heavy (non-hydrogen) atoms. The molecule has 0 aliphatic carbocycles. The standard InChI is InChI=1S/C59H98O15/c1-3-5-7-9-11-13-15-17-19-21-23-25-27-29-31-33-35-37-39-41-50(61)69-44-47(72-51(62)42-40-38-36-34-32-30-28-26-24-22-20-18-16-14-12-10-8-6-4-2)45-70-58-57(68)55(66)53(64)49(74-58)46-71-59-56(67)54(65)52(63)48(43-60)73-59/h6,8,11-14,17-20,24,26,30,32,47-49,52-60,63-68H,3-5,7,9-10,15-16,21-23,25,27-29,31,33-46H2,1-2H3/b8-6-,13-11-,14-12-,19-17-,20-18-,26-24-,32-30-. The average molecular weight is 1050 g/mol. The first-order valence-corrected chi connectivity index (χ1v) is 28.2. The molecule has 2 fully saturated rings. The molecule has 7 N–H and O–H groups in total. The predicted octanol–water partition coefficient (Wildman–Crippen LogP) is 9.16. The highest BCUT2D eigenvalue weighted by molar-refractivity contribution is 5.70. The number of aliphatic hydroxyl groups is 7. The highest BCUT2D eigenvalue weighted by Gasteiger charge is 2.47. The van der Waals surface area contributed by atoms with Crippen molar-refractivity contribution in [1.29, 1.82) is 0 Å². The number of allylic oxidation sites excluding steroid dienone is 14. The van der Waals surface area contributed by atoms with Crippen molar-refractivity contribution in [2.24, 2.45) is 0 Å². The van der Waals surface area contributed by atoms with E-state index >= 15 is 0 Å². The van der Waals surface area contributed by atoms with E-state index in [4.69, 9.17) is 28.4 Å². The Morgan fingerprint density at radius 1 is 0.446 bits per heavy atom. The first-order valence-electron chi connectivity index (χ1n) is 28.2. The maximum Gasteiger partial charge on any atom is 0.306 e. The topological polar surface area (TPSA) is 231 Å². The van der Waals surface area contributed by atoms with Gasteiger partial charge in [-0.05, 0) is 89.9 Å². The van der Waals surface area contributed by atoms with Gasteiger partial charge in [0.15, 0.2) is 18.7 Å². The molecule has 0 radical (unpaired) electrons. The van der Waals surface area contributed by atoms with Crippen molar-refractivity contribution in [3.8, 4) is 0 Å². The fourth-order valence-corrected chi connectivity index (χ4v) is 8.27. The molecule has 15 heteroatoms. The number of hydrogen-bond acceptors (Lipinski definition) is 15. The molecule has 15 nitrogen and oxygen atoms in total. The zero-order valence-corrected chi connectivity index (χ0v) is 45.0. The van der Waals surface area contributed by atoms with Crippen LogP contribution in [0.2, 0.25) is 0 Å². The van der Waals surface area contributed by atoms with Gasteiger partial charge in [0.05, 0.1) is 19.8 Å². The van der Waals surface area contributed by atoms with Crippen molar-refractivity contribution < 1.29 is 73.8 Å². The molecular weight excluding hydrogens is 949 g/mol. The molecule has 0 aromatic rings. The van der Waals surface area contributed by atoms with Gasteiger partial charge in [-0.3, -0.25) is 9.59 Å². The average Bonchev–Trinajstić information content (AvgIpc) is 3.39. The van der Waals surface area contributed by atoms with Crippen molar-refractivity contribution in [1.82, 2.24) is 0 Å². The summed E-state index contributed by atoms with van der Waals surface area (Å²) in [7, 11) is 0. The van der Waals surface area contributed by atoms with Crippen molar-refractivity contribution >= 4 is 11.9 Å². The Hall–Kier alpha value is -3.32. The van der Waals surface area contributed by atoms with Gasteiger partial charge in [0, 0.05) is 12.8 Å².